The van der Waals surface area contributed by atoms with Crippen LogP contribution >= 0.6 is 12.4 Å². The van der Waals surface area contributed by atoms with Gasteiger partial charge in [0.05, 0.1) is 10.5 Å². The first kappa shape index (κ1) is 24.9. The molecular weight excluding hydrogens is 461 g/mol. The van der Waals surface area contributed by atoms with Crippen molar-refractivity contribution >= 4 is 28.2 Å². The molecule has 0 unspecified atom stereocenters. The summed E-state index contributed by atoms with van der Waals surface area (Å²) in [4.78, 5) is 12.1. The number of carbonyl (C=O) groups excluding carboxylic acids is 1. The van der Waals surface area contributed by atoms with Crippen molar-refractivity contribution in [2.75, 3.05) is 13.1 Å². The lowest BCUT2D eigenvalue weighted by Crippen LogP contribution is -2.57. The molecule has 0 aromatic heterocycles. The van der Waals surface area contributed by atoms with Crippen molar-refractivity contribution in [3.8, 4) is 11.5 Å². The summed E-state index contributed by atoms with van der Waals surface area (Å²) in [6, 6.07) is 9.26. The summed E-state index contributed by atoms with van der Waals surface area (Å²) in [7, 11) is -4.14. The zero-order chi connectivity index (χ0) is 22.0. The lowest BCUT2D eigenvalue weighted by Gasteiger charge is -2.34. The summed E-state index contributed by atoms with van der Waals surface area (Å²) in [5, 5.41) is 12.0. The Morgan fingerprint density at radius 2 is 1.48 bits per heavy atom. The van der Waals surface area contributed by atoms with Gasteiger partial charge in [-0.05, 0) is 74.5 Å². The predicted molar refractivity (Wildman–Crippen MR) is 107 cm³/mol. The summed E-state index contributed by atoms with van der Waals surface area (Å²) in [5.41, 5.74) is 0.646. The van der Waals surface area contributed by atoms with Crippen LogP contribution in [-0.2, 0) is 20.8 Å². The predicted octanol–water partition coefficient (Wildman–Crippen LogP) is 3.32. The van der Waals surface area contributed by atoms with Crippen molar-refractivity contribution in [2.24, 2.45) is 0 Å². The van der Waals surface area contributed by atoms with Crippen LogP contribution in [0.15, 0.2) is 53.4 Å². The molecule has 1 amide bonds. The Labute approximate surface area is 182 Å². The van der Waals surface area contributed by atoms with Gasteiger partial charge in [0.1, 0.15) is 11.5 Å². The highest BCUT2D eigenvalue weighted by atomic mass is 35.5. The Morgan fingerprint density at radius 1 is 1.00 bits per heavy atom. The van der Waals surface area contributed by atoms with E-state index in [1.165, 1.54) is 29.7 Å². The van der Waals surface area contributed by atoms with Crippen molar-refractivity contribution in [3.63, 3.8) is 0 Å². The van der Waals surface area contributed by atoms with Crippen LogP contribution in [0.5, 0.6) is 11.5 Å². The minimum Gasteiger partial charge on any atom is -0.457 e. The zero-order valence-corrected chi connectivity index (χ0v) is 17.6. The maximum absolute atomic E-state index is 13.2. The quantitative estimate of drug-likeness (QED) is 0.448. The van der Waals surface area contributed by atoms with Crippen LogP contribution in [0, 0.1) is 0 Å². The van der Waals surface area contributed by atoms with Crippen molar-refractivity contribution in [1.29, 1.82) is 0 Å². The first-order valence-electron chi connectivity index (χ1n) is 8.95. The molecule has 2 aromatic rings. The minimum atomic E-state index is -4.46. The molecule has 7 nitrogen and oxygen atoms in total. The number of piperidine rings is 1. The summed E-state index contributed by atoms with van der Waals surface area (Å²) < 4.78 is 67.9. The molecule has 170 valence electrons. The van der Waals surface area contributed by atoms with Gasteiger partial charge in [-0.25, -0.2) is 13.9 Å². The van der Waals surface area contributed by atoms with E-state index < -0.39 is 32.2 Å². The Kier molecular flexibility index (Phi) is 7.58. The molecule has 0 saturated carbocycles. The van der Waals surface area contributed by atoms with Gasteiger partial charge in [0.15, 0.2) is 14.6 Å². The molecule has 0 radical (unpaired) electrons. The number of nitrogens with one attached hydrogen (secondary N) is 2. The van der Waals surface area contributed by atoms with Crippen LogP contribution in [0.4, 0.5) is 13.2 Å². The van der Waals surface area contributed by atoms with Crippen LogP contribution in [0.1, 0.15) is 18.4 Å². The summed E-state index contributed by atoms with van der Waals surface area (Å²) in [6.45, 7) is 0.587. The molecule has 1 fully saturated rings. The molecule has 2 aromatic carbocycles. The Morgan fingerprint density at radius 3 is 1.94 bits per heavy atom. The van der Waals surface area contributed by atoms with Crippen LogP contribution in [0.2, 0.25) is 0 Å². The molecular formula is C19H20ClF3N2O5S. The number of benzene rings is 2. The van der Waals surface area contributed by atoms with E-state index in [9.17, 15) is 26.4 Å². The molecule has 0 atom stereocenters. The van der Waals surface area contributed by atoms with Gasteiger partial charge in [0.2, 0.25) is 0 Å². The lowest BCUT2D eigenvalue weighted by atomic mass is 9.96. The van der Waals surface area contributed by atoms with Gasteiger partial charge in [-0.3, -0.25) is 10.0 Å². The van der Waals surface area contributed by atoms with E-state index >= 15 is 0 Å². The molecule has 31 heavy (non-hydrogen) atoms. The van der Waals surface area contributed by atoms with E-state index in [0.717, 1.165) is 24.3 Å². The van der Waals surface area contributed by atoms with Gasteiger partial charge in [-0.1, -0.05) is 0 Å². The molecule has 12 heteroatoms. The average molecular weight is 481 g/mol. The SMILES string of the molecule is Cl.O=C(NO)C1(S(=O)(=O)c2ccc(Oc3ccc(C(F)(F)F)cc3)cc2)CCNCC1. The van der Waals surface area contributed by atoms with Crippen molar-refractivity contribution in [3.05, 3.63) is 54.1 Å². The van der Waals surface area contributed by atoms with Gasteiger partial charge in [-0.15, -0.1) is 12.4 Å². The molecule has 1 aliphatic heterocycles. The maximum Gasteiger partial charge on any atom is 0.416 e. The van der Waals surface area contributed by atoms with Gasteiger partial charge in [0.25, 0.3) is 5.91 Å². The Hall–Kier alpha value is -2.34. The van der Waals surface area contributed by atoms with E-state index in [4.69, 9.17) is 9.94 Å². The zero-order valence-electron chi connectivity index (χ0n) is 16.0. The number of hydrogen-bond donors (Lipinski definition) is 3. The number of alkyl halides is 3. The van der Waals surface area contributed by atoms with Crippen LogP contribution < -0.4 is 15.5 Å². The summed E-state index contributed by atoms with van der Waals surface area (Å²) in [6.07, 6.45) is -4.48. The molecule has 3 rings (SSSR count). The second-order valence-electron chi connectivity index (χ2n) is 6.78. The molecule has 1 aliphatic rings. The van der Waals surface area contributed by atoms with Crippen molar-refractivity contribution in [1.82, 2.24) is 10.8 Å². The number of carbonyl (C=O) groups is 1. The fourth-order valence-corrected chi connectivity index (χ4v) is 5.29. The molecule has 0 bridgehead atoms. The van der Waals surface area contributed by atoms with Gasteiger partial charge < -0.3 is 10.1 Å². The number of rotatable bonds is 5. The molecule has 1 saturated heterocycles. The monoisotopic (exact) mass is 480 g/mol. The highest BCUT2D eigenvalue weighted by Crippen LogP contribution is 2.35. The van der Waals surface area contributed by atoms with Crippen LogP contribution in [0.25, 0.3) is 0 Å². The molecule has 1 heterocycles. The topological polar surface area (TPSA) is 105 Å². The second-order valence-corrected chi connectivity index (χ2v) is 9.04. The number of amides is 1. The van der Waals surface area contributed by atoms with Crippen LogP contribution in [0.3, 0.4) is 0 Å². The van der Waals surface area contributed by atoms with E-state index in [2.05, 4.69) is 5.32 Å². The van der Waals surface area contributed by atoms with Crippen LogP contribution in [-0.4, -0.2) is 37.4 Å². The fourth-order valence-electron chi connectivity index (χ4n) is 3.31. The third-order valence-corrected chi connectivity index (χ3v) is 7.51. The normalized spacial score (nSPS) is 16.1. The average Bonchev–Trinajstić information content (AvgIpc) is 2.73. The minimum absolute atomic E-state index is 0. The molecule has 3 N–H and O–H groups in total. The van der Waals surface area contributed by atoms with E-state index in [1.54, 1.807) is 0 Å². The van der Waals surface area contributed by atoms with Crippen molar-refractivity contribution < 1.29 is 36.3 Å². The van der Waals surface area contributed by atoms with Gasteiger partial charge in [-0.2, -0.15) is 13.2 Å². The molecule has 0 spiro atoms. The largest absolute Gasteiger partial charge is 0.457 e. The summed E-state index contributed by atoms with van der Waals surface area (Å²) >= 11 is 0. The number of ether oxygens (including phenoxy) is 1. The highest BCUT2D eigenvalue weighted by Gasteiger charge is 2.51. The van der Waals surface area contributed by atoms with Gasteiger partial charge >= 0.3 is 6.18 Å². The lowest BCUT2D eigenvalue weighted by molar-refractivity contribution is -0.137. The van der Waals surface area contributed by atoms with E-state index in [0.29, 0.717) is 13.1 Å². The van der Waals surface area contributed by atoms with Gasteiger partial charge in [0, 0.05) is 0 Å². The van der Waals surface area contributed by atoms with E-state index in [1.807, 2.05) is 0 Å². The number of hydrogen-bond acceptors (Lipinski definition) is 6. The third kappa shape index (κ3) is 4.95. The first-order chi connectivity index (χ1) is 14.1. The first-order valence-corrected chi connectivity index (χ1v) is 10.4. The third-order valence-electron chi connectivity index (χ3n) is 4.99. The maximum atomic E-state index is 13.2. The highest BCUT2D eigenvalue weighted by molar-refractivity contribution is 7.93. The molecule has 0 aliphatic carbocycles. The number of sulfone groups is 1. The fraction of sp³-hybridized carbons (Fsp3) is 0.316. The Bertz CT molecular complexity index is 1010. The summed E-state index contributed by atoms with van der Waals surface area (Å²) in [5.74, 6) is -0.637. The van der Waals surface area contributed by atoms with Crippen molar-refractivity contribution in [2.45, 2.75) is 28.7 Å². The second kappa shape index (κ2) is 9.43. The smallest absolute Gasteiger partial charge is 0.416 e. The standard InChI is InChI=1S/C19H19F3N2O5S.ClH/c20-19(21,22)13-1-3-14(4-2-13)29-15-5-7-16(8-6-15)30(27,28)18(17(25)24-26)9-11-23-12-10-18;/h1-8,23,26H,9-12H2,(H,24,25);1H. The number of hydroxylamine groups is 1. The number of halogens is 4. The van der Waals surface area contributed by atoms with E-state index in [-0.39, 0.29) is 41.6 Å². The Balaban J connectivity index is 0.00000341.